The molecular weight excluding hydrogens is 418 g/mol. The van der Waals surface area contributed by atoms with Gasteiger partial charge in [-0.15, -0.1) is 0 Å². The molecule has 0 saturated carbocycles. The molecule has 0 spiro atoms. The van der Waals surface area contributed by atoms with Gasteiger partial charge in [-0.1, -0.05) is 0 Å². The van der Waals surface area contributed by atoms with E-state index < -0.39 is 43.7 Å². The molecule has 0 aliphatic rings. The number of hydrogen-bond donors (Lipinski definition) is 4. The zero-order chi connectivity index (χ0) is 19.2. The fourth-order valence-electron chi connectivity index (χ4n) is 1.03. The summed E-state index contributed by atoms with van der Waals surface area (Å²) in [6.45, 7) is 0.341. The third-order valence-corrected chi connectivity index (χ3v) is 3.50. The molecule has 0 rings (SSSR count). The number of nitrogens with one attached hydrogen (secondary N) is 2. The molecule has 0 bridgehead atoms. The SMILES string of the molecule is O=C(O)CCNCCS(=O)(=O)[O-].O=C(O)CCNCCS(=O)(=O)[O-].[Na+].[Na+]. The Labute approximate surface area is 196 Å². The van der Waals surface area contributed by atoms with E-state index in [1.165, 1.54) is 0 Å². The molecule has 0 atom stereocenters. The molecule has 0 amide bonds. The molecule has 0 heterocycles. The Morgan fingerprint density at radius 2 is 0.962 bits per heavy atom. The first-order valence-corrected chi connectivity index (χ1v) is 9.71. The van der Waals surface area contributed by atoms with Gasteiger partial charge in [-0.25, -0.2) is 16.8 Å². The molecule has 12 nitrogen and oxygen atoms in total. The van der Waals surface area contributed by atoms with Crippen LogP contribution in [0.5, 0.6) is 0 Å². The predicted octanol–water partition coefficient (Wildman–Crippen LogP) is -8.80. The minimum Gasteiger partial charge on any atom is -0.748 e. The first-order valence-electron chi connectivity index (χ1n) is 6.55. The van der Waals surface area contributed by atoms with E-state index in [9.17, 15) is 35.5 Å². The Hall–Kier alpha value is 0.680. The molecule has 0 radical (unpaired) electrons. The third-order valence-electron chi connectivity index (χ3n) is 2.09. The van der Waals surface area contributed by atoms with E-state index in [1.807, 2.05) is 0 Å². The molecular formula is C10H20N2Na2O10S2. The maximum Gasteiger partial charge on any atom is 1.00 e. The number of aliphatic carboxylic acids is 2. The van der Waals surface area contributed by atoms with Crippen LogP contribution in [0.4, 0.5) is 0 Å². The molecule has 26 heavy (non-hydrogen) atoms. The van der Waals surface area contributed by atoms with Crippen molar-refractivity contribution in [3.8, 4) is 0 Å². The monoisotopic (exact) mass is 438 g/mol. The van der Waals surface area contributed by atoms with E-state index in [1.54, 1.807) is 0 Å². The number of carbonyl (C=O) groups is 2. The van der Waals surface area contributed by atoms with Crippen molar-refractivity contribution >= 4 is 32.2 Å². The smallest absolute Gasteiger partial charge is 0.748 e. The number of carboxylic acid groups (broad SMARTS) is 2. The van der Waals surface area contributed by atoms with Crippen molar-refractivity contribution in [2.45, 2.75) is 12.8 Å². The summed E-state index contributed by atoms with van der Waals surface area (Å²) in [6.07, 6.45) is -0.169. The van der Waals surface area contributed by atoms with Crippen molar-refractivity contribution in [2.75, 3.05) is 37.7 Å². The second-order valence-electron chi connectivity index (χ2n) is 4.31. The van der Waals surface area contributed by atoms with Gasteiger partial charge in [-0.3, -0.25) is 9.59 Å². The van der Waals surface area contributed by atoms with Gasteiger partial charge in [-0.2, -0.15) is 0 Å². The molecule has 16 heteroatoms. The molecule has 0 unspecified atom stereocenters. The maximum absolute atomic E-state index is 10.0. The third kappa shape index (κ3) is 39.7. The predicted molar refractivity (Wildman–Crippen MR) is 79.4 cm³/mol. The topological polar surface area (TPSA) is 213 Å². The van der Waals surface area contributed by atoms with Gasteiger partial charge in [0.15, 0.2) is 0 Å². The summed E-state index contributed by atoms with van der Waals surface area (Å²) in [5.41, 5.74) is 0. The Bertz CT molecular complexity index is 531. The summed E-state index contributed by atoms with van der Waals surface area (Å²) < 4.78 is 60.1. The van der Waals surface area contributed by atoms with Crippen LogP contribution in [-0.4, -0.2) is 85.8 Å². The number of rotatable bonds is 12. The first-order chi connectivity index (χ1) is 10.8. The van der Waals surface area contributed by atoms with E-state index in [0.29, 0.717) is 0 Å². The molecule has 0 aromatic carbocycles. The Morgan fingerprint density at radius 1 is 0.692 bits per heavy atom. The van der Waals surface area contributed by atoms with Crippen molar-refractivity contribution in [3.63, 3.8) is 0 Å². The zero-order valence-electron chi connectivity index (χ0n) is 14.6. The van der Waals surface area contributed by atoms with Gasteiger partial charge in [0, 0.05) is 26.2 Å². The molecule has 0 aromatic rings. The van der Waals surface area contributed by atoms with Gasteiger partial charge >= 0.3 is 71.1 Å². The van der Waals surface area contributed by atoms with Crippen molar-refractivity contribution in [1.29, 1.82) is 0 Å². The second kappa shape index (κ2) is 19.0. The van der Waals surface area contributed by atoms with Gasteiger partial charge in [0.1, 0.15) is 0 Å². The quantitative estimate of drug-likeness (QED) is 0.127. The Balaban J connectivity index is -0.000000173. The van der Waals surface area contributed by atoms with Crippen LogP contribution < -0.4 is 69.7 Å². The second-order valence-corrected chi connectivity index (χ2v) is 7.36. The molecule has 0 aliphatic carbocycles. The van der Waals surface area contributed by atoms with Gasteiger partial charge in [0.25, 0.3) is 0 Å². The van der Waals surface area contributed by atoms with Crippen LogP contribution in [0.3, 0.4) is 0 Å². The standard InChI is InChI=1S/2C5H11NO5S.2Na/c2*7-5(8)1-2-6-3-4-12(9,10)11;;/h2*6H,1-4H2,(H,7,8)(H,9,10,11);;/q;;2*+1/p-2. The van der Waals surface area contributed by atoms with Crippen molar-refractivity contribution < 1.29 is 105 Å². The summed E-state index contributed by atoms with van der Waals surface area (Å²) in [5.74, 6) is -2.95. The minimum absolute atomic E-state index is 0. The number of carboxylic acids is 2. The van der Waals surface area contributed by atoms with Crippen molar-refractivity contribution in [2.24, 2.45) is 0 Å². The van der Waals surface area contributed by atoms with Gasteiger partial charge in [0.05, 0.1) is 44.6 Å². The summed E-state index contributed by atoms with van der Waals surface area (Å²) >= 11 is 0. The maximum atomic E-state index is 10.0. The van der Waals surface area contributed by atoms with E-state index in [4.69, 9.17) is 10.2 Å². The van der Waals surface area contributed by atoms with Crippen LogP contribution in [0.1, 0.15) is 12.8 Å². The van der Waals surface area contributed by atoms with E-state index in [2.05, 4.69) is 10.6 Å². The minimum atomic E-state index is -4.18. The summed E-state index contributed by atoms with van der Waals surface area (Å²) in [4.78, 5) is 19.9. The van der Waals surface area contributed by atoms with E-state index >= 15 is 0 Å². The number of hydrogen-bond acceptors (Lipinski definition) is 10. The average Bonchev–Trinajstić information content (AvgIpc) is 2.35. The van der Waals surface area contributed by atoms with Gasteiger partial charge in [0.2, 0.25) is 0 Å². The summed E-state index contributed by atoms with van der Waals surface area (Å²) in [7, 11) is -8.37. The van der Waals surface area contributed by atoms with Crippen LogP contribution >= 0.6 is 0 Å². The van der Waals surface area contributed by atoms with Crippen LogP contribution in [0.25, 0.3) is 0 Å². The molecule has 0 aromatic heterocycles. The van der Waals surface area contributed by atoms with Crippen molar-refractivity contribution in [3.05, 3.63) is 0 Å². The Morgan fingerprint density at radius 3 is 1.15 bits per heavy atom. The molecule has 4 N–H and O–H groups in total. The first kappa shape index (κ1) is 34.2. The van der Waals surface area contributed by atoms with E-state index in [-0.39, 0.29) is 98.1 Å². The largest absolute Gasteiger partial charge is 1.00 e. The zero-order valence-corrected chi connectivity index (χ0v) is 20.3. The average molecular weight is 438 g/mol. The van der Waals surface area contributed by atoms with Crippen LogP contribution in [0.2, 0.25) is 0 Å². The van der Waals surface area contributed by atoms with E-state index in [0.717, 1.165) is 0 Å². The molecule has 144 valence electrons. The summed E-state index contributed by atoms with van der Waals surface area (Å²) in [6, 6.07) is 0. The Kier molecular flexibility index (Phi) is 25.0. The van der Waals surface area contributed by atoms with Crippen LogP contribution in [0, 0.1) is 0 Å². The normalized spacial score (nSPS) is 10.5. The van der Waals surface area contributed by atoms with Crippen LogP contribution in [0.15, 0.2) is 0 Å². The molecule has 0 aliphatic heterocycles. The van der Waals surface area contributed by atoms with Crippen LogP contribution in [-0.2, 0) is 29.8 Å². The molecule has 0 fully saturated rings. The van der Waals surface area contributed by atoms with Crippen molar-refractivity contribution in [1.82, 2.24) is 10.6 Å². The van der Waals surface area contributed by atoms with Gasteiger partial charge < -0.3 is 30.0 Å². The fourth-order valence-corrected chi connectivity index (χ4v) is 1.82. The molecule has 0 saturated heterocycles. The van der Waals surface area contributed by atoms with Gasteiger partial charge in [-0.05, 0) is 0 Å². The summed E-state index contributed by atoms with van der Waals surface area (Å²) in [5, 5.41) is 21.3. The fraction of sp³-hybridized carbons (Fsp3) is 0.800.